The SMILES string of the molecule is CCNCC(C)(C)CN(CC)C(C)CC. The summed E-state index contributed by atoms with van der Waals surface area (Å²) in [6.45, 7) is 18.2. The van der Waals surface area contributed by atoms with E-state index in [2.05, 4.69) is 51.8 Å². The van der Waals surface area contributed by atoms with Crippen LogP contribution >= 0.6 is 0 Å². The molecule has 0 aliphatic carbocycles. The van der Waals surface area contributed by atoms with E-state index in [0.717, 1.165) is 19.6 Å². The van der Waals surface area contributed by atoms with E-state index in [4.69, 9.17) is 0 Å². The van der Waals surface area contributed by atoms with Gasteiger partial charge in [0.2, 0.25) is 0 Å². The van der Waals surface area contributed by atoms with Crippen molar-refractivity contribution < 1.29 is 0 Å². The molecule has 92 valence electrons. The molecule has 0 saturated carbocycles. The van der Waals surface area contributed by atoms with Crippen LogP contribution in [0, 0.1) is 5.41 Å². The lowest BCUT2D eigenvalue weighted by Crippen LogP contribution is -2.43. The van der Waals surface area contributed by atoms with E-state index in [1.54, 1.807) is 0 Å². The minimum Gasteiger partial charge on any atom is -0.316 e. The van der Waals surface area contributed by atoms with Crippen molar-refractivity contribution >= 4 is 0 Å². The van der Waals surface area contributed by atoms with Gasteiger partial charge in [0.25, 0.3) is 0 Å². The fraction of sp³-hybridized carbons (Fsp3) is 1.00. The predicted molar refractivity (Wildman–Crippen MR) is 69.3 cm³/mol. The Hall–Kier alpha value is -0.0800. The van der Waals surface area contributed by atoms with Crippen LogP contribution in [0.2, 0.25) is 0 Å². The van der Waals surface area contributed by atoms with Gasteiger partial charge in [-0.25, -0.2) is 0 Å². The summed E-state index contributed by atoms with van der Waals surface area (Å²) in [6.07, 6.45) is 1.24. The second-order valence-electron chi connectivity index (χ2n) is 5.26. The first-order chi connectivity index (χ1) is 6.96. The summed E-state index contributed by atoms with van der Waals surface area (Å²) in [5.74, 6) is 0. The van der Waals surface area contributed by atoms with Crippen LogP contribution in [0.1, 0.15) is 48.0 Å². The second kappa shape index (κ2) is 7.24. The van der Waals surface area contributed by atoms with E-state index in [1.165, 1.54) is 13.0 Å². The molecule has 1 atom stereocenters. The van der Waals surface area contributed by atoms with Gasteiger partial charge in [-0.05, 0) is 31.8 Å². The quantitative estimate of drug-likeness (QED) is 0.668. The lowest BCUT2D eigenvalue weighted by molar-refractivity contribution is 0.139. The molecule has 0 spiro atoms. The third-order valence-electron chi connectivity index (χ3n) is 3.11. The number of hydrogen-bond donors (Lipinski definition) is 1. The lowest BCUT2D eigenvalue weighted by Gasteiger charge is -2.35. The van der Waals surface area contributed by atoms with Gasteiger partial charge in [-0.3, -0.25) is 0 Å². The fourth-order valence-corrected chi connectivity index (χ4v) is 1.91. The van der Waals surface area contributed by atoms with Crippen LogP contribution in [0.3, 0.4) is 0 Å². The van der Waals surface area contributed by atoms with Gasteiger partial charge in [0.05, 0.1) is 0 Å². The maximum atomic E-state index is 3.45. The normalized spacial score (nSPS) is 14.6. The fourth-order valence-electron chi connectivity index (χ4n) is 1.91. The molecular weight excluding hydrogens is 184 g/mol. The average molecular weight is 214 g/mol. The summed E-state index contributed by atoms with van der Waals surface area (Å²) >= 11 is 0. The molecule has 0 fully saturated rings. The van der Waals surface area contributed by atoms with Crippen molar-refractivity contribution in [1.29, 1.82) is 0 Å². The Balaban J connectivity index is 4.13. The van der Waals surface area contributed by atoms with Gasteiger partial charge >= 0.3 is 0 Å². The molecule has 0 aliphatic heterocycles. The maximum Gasteiger partial charge on any atom is 0.00644 e. The Morgan fingerprint density at radius 3 is 2.20 bits per heavy atom. The summed E-state index contributed by atoms with van der Waals surface area (Å²) < 4.78 is 0. The first-order valence-electron chi connectivity index (χ1n) is 6.41. The number of rotatable bonds is 8. The van der Waals surface area contributed by atoms with Crippen LogP contribution in [0.5, 0.6) is 0 Å². The maximum absolute atomic E-state index is 3.45. The Morgan fingerprint density at radius 1 is 1.20 bits per heavy atom. The van der Waals surface area contributed by atoms with Crippen LogP contribution < -0.4 is 5.32 Å². The Morgan fingerprint density at radius 2 is 1.80 bits per heavy atom. The van der Waals surface area contributed by atoms with Crippen molar-refractivity contribution in [3.8, 4) is 0 Å². The molecule has 1 N–H and O–H groups in total. The molecular formula is C13H30N2. The Kier molecular flexibility index (Phi) is 7.20. The molecule has 15 heavy (non-hydrogen) atoms. The van der Waals surface area contributed by atoms with Crippen LogP contribution in [-0.2, 0) is 0 Å². The molecule has 0 aromatic carbocycles. The minimum atomic E-state index is 0.370. The summed E-state index contributed by atoms with van der Waals surface area (Å²) in [4.78, 5) is 2.58. The molecule has 0 rings (SSSR count). The molecule has 1 unspecified atom stereocenters. The van der Waals surface area contributed by atoms with Gasteiger partial charge in [-0.2, -0.15) is 0 Å². The highest BCUT2D eigenvalue weighted by Crippen LogP contribution is 2.18. The summed E-state index contributed by atoms with van der Waals surface area (Å²) in [7, 11) is 0. The number of hydrogen-bond acceptors (Lipinski definition) is 2. The van der Waals surface area contributed by atoms with Crippen LogP contribution in [0.4, 0.5) is 0 Å². The van der Waals surface area contributed by atoms with Crippen molar-refractivity contribution in [2.75, 3.05) is 26.2 Å². The van der Waals surface area contributed by atoms with E-state index < -0.39 is 0 Å². The predicted octanol–water partition coefficient (Wildman–Crippen LogP) is 2.74. The molecule has 0 amide bonds. The zero-order chi connectivity index (χ0) is 11.9. The largest absolute Gasteiger partial charge is 0.316 e. The van der Waals surface area contributed by atoms with Crippen molar-refractivity contribution in [3.05, 3.63) is 0 Å². The summed E-state index contributed by atoms with van der Waals surface area (Å²) in [6, 6.07) is 0.705. The number of nitrogens with zero attached hydrogens (tertiary/aromatic N) is 1. The first kappa shape index (κ1) is 14.9. The highest BCUT2D eigenvalue weighted by Gasteiger charge is 2.22. The highest BCUT2D eigenvalue weighted by atomic mass is 15.2. The highest BCUT2D eigenvalue weighted by molar-refractivity contribution is 4.78. The van der Waals surface area contributed by atoms with Crippen LogP contribution in [0.15, 0.2) is 0 Å². The molecule has 0 bridgehead atoms. The van der Waals surface area contributed by atoms with Gasteiger partial charge in [0.15, 0.2) is 0 Å². The smallest absolute Gasteiger partial charge is 0.00644 e. The average Bonchev–Trinajstić information content (AvgIpc) is 2.22. The van der Waals surface area contributed by atoms with Crippen LogP contribution in [-0.4, -0.2) is 37.1 Å². The van der Waals surface area contributed by atoms with E-state index in [1.807, 2.05) is 0 Å². The van der Waals surface area contributed by atoms with Crippen molar-refractivity contribution in [2.24, 2.45) is 5.41 Å². The van der Waals surface area contributed by atoms with Gasteiger partial charge in [-0.1, -0.05) is 34.6 Å². The molecule has 2 heteroatoms. The zero-order valence-corrected chi connectivity index (χ0v) is 11.6. The molecule has 2 nitrogen and oxygen atoms in total. The molecule has 0 aliphatic rings. The third-order valence-corrected chi connectivity index (χ3v) is 3.11. The van der Waals surface area contributed by atoms with Gasteiger partial charge in [0, 0.05) is 19.1 Å². The van der Waals surface area contributed by atoms with Gasteiger partial charge in [-0.15, -0.1) is 0 Å². The standard InChI is InChI=1S/C13H30N2/c1-7-12(4)15(9-3)11-13(5,6)10-14-8-2/h12,14H,7-11H2,1-6H3. The first-order valence-corrected chi connectivity index (χ1v) is 6.41. The molecule has 0 radical (unpaired) electrons. The molecule has 0 saturated heterocycles. The monoisotopic (exact) mass is 214 g/mol. The van der Waals surface area contributed by atoms with Gasteiger partial charge < -0.3 is 10.2 Å². The molecule has 0 aromatic rings. The topological polar surface area (TPSA) is 15.3 Å². The molecule has 0 aromatic heterocycles. The Bertz CT molecular complexity index is 155. The minimum absolute atomic E-state index is 0.370. The number of nitrogens with one attached hydrogen (secondary N) is 1. The second-order valence-corrected chi connectivity index (χ2v) is 5.26. The lowest BCUT2D eigenvalue weighted by atomic mass is 9.92. The van der Waals surface area contributed by atoms with E-state index >= 15 is 0 Å². The molecule has 0 heterocycles. The van der Waals surface area contributed by atoms with E-state index in [9.17, 15) is 0 Å². The van der Waals surface area contributed by atoms with Crippen molar-refractivity contribution in [2.45, 2.75) is 54.0 Å². The third kappa shape index (κ3) is 6.16. The van der Waals surface area contributed by atoms with Crippen molar-refractivity contribution in [1.82, 2.24) is 10.2 Å². The van der Waals surface area contributed by atoms with E-state index in [0.29, 0.717) is 11.5 Å². The summed E-state index contributed by atoms with van der Waals surface area (Å²) in [5.41, 5.74) is 0.370. The van der Waals surface area contributed by atoms with Gasteiger partial charge in [0.1, 0.15) is 0 Å². The zero-order valence-electron chi connectivity index (χ0n) is 11.6. The van der Waals surface area contributed by atoms with Crippen LogP contribution in [0.25, 0.3) is 0 Å². The summed E-state index contributed by atoms with van der Waals surface area (Å²) in [5, 5.41) is 3.45. The Labute approximate surface area is 96.4 Å². The van der Waals surface area contributed by atoms with E-state index in [-0.39, 0.29) is 0 Å². The van der Waals surface area contributed by atoms with Crippen molar-refractivity contribution in [3.63, 3.8) is 0 Å².